The van der Waals surface area contributed by atoms with Gasteiger partial charge in [0.05, 0.1) is 159 Å². The molecule has 0 fully saturated rings. The fraction of sp³-hybridized carbons (Fsp3) is 0.842. The van der Waals surface area contributed by atoms with Gasteiger partial charge in [0.25, 0.3) is 11.8 Å². The van der Waals surface area contributed by atoms with E-state index in [2.05, 4.69) is 5.32 Å². The van der Waals surface area contributed by atoms with Crippen LogP contribution < -0.4 is 5.32 Å². The highest BCUT2D eigenvalue weighted by molar-refractivity contribution is 6.14. The molecule has 1 N–H and O–H groups in total. The van der Waals surface area contributed by atoms with Crippen molar-refractivity contribution in [2.24, 2.45) is 0 Å². The molecule has 0 bridgehead atoms. The molecule has 20 nitrogen and oxygen atoms in total. The smallest absolute Gasteiger partial charge is 0.434 e. The molecule has 1 aliphatic rings. The Kier molecular flexibility index (Phi) is 34.1. The van der Waals surface area contributed by atoms with Crippen molar-refractivity contribution in [2.45, 2.75) is 39.7 Å². The van der Waals surface area contributed by atoms with Crippen molar-refractivity contribution < 1.29 is 80.9 Å². The number of ether oxygens (including phenoxy) is 12. The van der Waals surface area contributed by atoms with E-state index in [0.717, 1.165) is 23.5 Å². The second kappa shape index (κ2) is 37.2. The molecule has 0 aromatic heterocycles. The first kappa shape index (κ1) is 53.2. The molecule has 338 valence electrons. The standard InChI is InChI=1S/C38H69N3O17/c1-5-9-41(37(45)58-38(2,3)4)57-32-31-56-30-29-55-28-27-54-26-25-53-24-23-52-22-21-51-20-19-50-18-17-49-16-15-48-14-13-47-12-11-46-10-8-39-34(42)33-40-35(43)6-7-36(40)44/h6-7H,5,8-33H2,1-4H3,(H,39,42). The van der Waals surface area contributed by atoms with E-state index in [0.29, 0.717) is 145 Å². The second-order valence-electron chi connectivity index (χ2n) is 13.1. The summed E-state index contributed by atoms with van der Waals surface area (Å²) in [6.45, 7) is 17.5. The molecule has 1 aliphatic heterocycles. The second-order valence-corrected chi connectivity index (χ2v) is 13.1. The van der Waals surface area contributed by atoms with Crippen LogP contribution in [0.4, 0.5) is 4.79 Å². The van der Waals surface area contributed by atoms with E-state index in [1.807, 2.05) is 27.7 Å². The molecule has 0 aliphatic carbocycles. The Bertz CT molecular complexity index is 1060. The summed E-state index contributed by atoms with van der Waals surface area (Å²) in [6, 6.07) is 0. The molecule has 0 aromatic rings. The number of imide groups is 1. The summed E-state index contributed by atoms with van der Waals surface area (Å²) in [7, 11) is 0. The van der Waals surface area contributed by atoms with Gasteiger partial charge in [-0.1, -0.05) is 6.92 Å². The van der Waals surface area contributed by atoms with Gasteiger partial charge in [-0.05, 0) is 27.2 Å². The lowest BCUT2D eigenvalue weighted by atomic mass is 10.2. The first-order chi connectivity index (χ1) is 28.1. The van der Waals surface area contributed by atoms with Crippen LogP contribution in [0.25, 0.3) is 0 Å². The molecule has 0 saturated carbocycles. The van der Waals surface area contributed by atoms with Gasteiger partial charge in [0.2, 0.25) is 5.91 Å². The Hall–Kier alpha value is -2.86. The number of hydrogen-bond acceptors (Lipinski definition) is 17. The number of carbonyl (C=O) groups is 4. The molecule has 20 heteroatoms. The van der Waals surface area contributed by atoms with Gasteiger partial charge in [0.1, 0.15) is 12.1 Å². The molecule has 1 heterocycles. The number of amides is 4. The van der Waals surface area contributed by atoms with Gasteiger partial charge in [0, 0.05) is 18.7 Å². The Morgan fingerprint density at radius 3 is 1.16 bits per heavy atom. The Labute approximate surface area is 343 Å². The molecule has 0 saturated heterocycles. The zero-order chi connectivity index (χ0) is 42.4. The maximum Gasteiger partial charge on any atom is 0.434 e. The Morgan fingerprint density at radius 1 is 0.534 bits per heavy atom. The van der Waals surface area contributed by atoms with Crippen molar-refractivity contribution in [1.29, 1.82) is 0 Å². The number of carbonyl (C=O) groups excluding carboxylic acids is 4. The van der Waals surface area contributed by atoms with Gasteiger partial charge in [-0.3, -0.25) is 24.1 Å². The highest BCUT2D eigenvalue weighted by atomic mass is 16.7. The third kappa shape index (κ3) is 33.0. The summed E-state index contributed by atoms with van der Waals surface area (Å²) < 4.78 is 65.4. The molecule has 0 spiro atoms. The van der Waals surface area contributed by atoms with E-state index in [1.54, 1.807) is 0 Å². The Balaban J connectivity index is 1.69. The summed E-state index contributed by atoms with van der Waals surface area (Å²) >= 11 is 0. The minimum atomic E-state index is -0.584. The average molecular weight is 840 g/mol. The zero-order valence-electron chi connectivity index (χ0n) is 35.1. The molecule has 0 radical (unpaired) electrons. The van der Waals surface area contributed by atoms with Crippen LogP contribution in [0.5, 0.6) is 0 Å². The van der Waals surface area contributed by atoms with Crippen LogP contribution in [0.15, 0.2) is 12.2 Å². The third-order valence-corrected chi connectivity index (χ3v) is 6.99. The van der Waals surface area contributed by atoms with Crippen molar-refractivity contribution in [2.75, 3.05) is 172 Å². The molecular weight excluding hydrogens is 770 g/mol. The highest BCUT2D eigenvalue weighted by Gasteiger charge is 2.25. The topological polar surface area (TPSA) is 207 Å². The predicted molar refractivity (Wildman–Crippen MR) is 207 cm³/mol. The molecular formula is C38H69N3O17. The normalized spacial score (nSPS) is 12.9. The minimum absolute atomic E-state index is 0.238. The fourth-order valence-electron chi connectivity index (χ4n) is 4.28. The maximum absolute atomic E-state index is 12.2. The monoisotopic (exact) mass is 839 g/mol. The van der Waals surface area contributed by atoms with Crippen LogP contribution in [-0.4, -0.2) is 211 Å². The number of nitrogens with one attached hydrogen (secondary N) is 1. The van der Waals surface area contributed by atoms with E-state index in [9.17, 15) is 19.2 Å². The van der Waals surface area contributed by atoms with Crippen LogP contribution in [0.3, 0.4) is 0 Å². The van der Waals surface area contributed by atoms with Gasteiger partial charge >= 0.3 is 6.09 Å². The number of hydroxylamine groups is 2. The van der Waals surface area contributed by atoms with Gasteiger partial charge < -0.3 is 62.2 Å². The van der Waals surface area contributed by atoms with Gasteiger partial charge in [-0.15, -0.1) is 0 Å². The number of nitrogens with zero attached hydrogens (tertiary/aromatic N) is 2. The zero-order valence-corrected chi connectivity index (χ0v) is 35.1. The van der Waals surface area contributed by atoms with E-state index in [-0.39, 0.29) is 26.3 Å². The largest absolute Gasteiger partial charge is 0.442 e. The quantitative estimate of drug-likeness (QED) is 0.0513. The lowest BCUT2D eigenvalue weighted by Gasteiger charge is -2.26. The average Bonchev–Trinajstić information content (AvgIpc) is 3.50. The Morgan fingerprint density at radius 2 is 0.845 bits per heavy atom. The van der Waals surface area contributed by atoms with Crippen molar-refractivity contribution >= 4 is 23.8 Å². The summed E-state index contributed by atoms with van der Waals surface area (Å²) in [5.41, 5.74) is -0.584. The highest BCUT2D eigenvalue weighted by Crippen LogP contribution is 2.10. The lowest BCUT2D eigenvalue weighted by Crippen LogP contribution is -2.41. The van der Waals surface area contributed by atoms with Crippen LogP contribution in [-0.2, 0) is 76.1 Å². The van der Waals surface area contributed by atoms with Crippen molar-refractivity contribution in [3.05, 3.63) is 12.2 Å². The fourth-order valence-corrected chi connectivity index (χ4v) is 4.28. The van der Waals surface area contributed by atoms with Crippen LogP contribution in [0, 0.1) is 0 Å². The first-order valence-corrected chi connectivity index (χ1v) is 19.9. The van der Waals surface area contributed by atoms with Gasteiger partial charge in [-0.2, -0.15) is 5.06 Å². The predicted octanol–water partition coefficient (Wildman–Crippen LogP) is 0.789. The van der Waals surface area contributed by atoms with E-state index < -0.39 is 29.4 Å². The van der Waals surface area contributed by atoms with E-state index in [1.165, 1.54) is 5.06 Å². The summed E-state index contributed by atoms with van der Waals surface area (Å²) in [5.74, 6) is -1.42. The molecule has 4 amide bonds. The van der Waals surface area contributed by atoms with E-state index in [4.69, 9.17) is 61.7 Å². The summed E-state index contributed by atoms with van der Waals surface area (Å²) in [4.78, 5) is 53.2. The number of rotatable bonds is 41. The maximum atomic E-state index is 12.2. The van der Waals surface area contributed by atoms with Gasteiger partial charge in [0.15, 0.2) is 0 Å². The lowest BCUT2D eigenvalue weighted by molar-refractivity contribution is -0.157. The van der Waals surface area contributed by atoms with Crippen molar-refractivity contribution in [3.63, 3.8) is 0 Å². The third-order valence-electron chi connectivity index (χ3n) is 6.99. The SMILES string of the molecule is CCCN(OCCOCCOCCOCCOCCOCCOCCOCCOCCOCCOCCOCCNC(=O)CN1C(=O)C=CC1=O)C(=O)OC(C)(C)C. The molecule has 1 rings (SSSR count). The van der Waals surface area contributed by atoms with Crippen LogP contribution in [0.2, 0.25) is 0 Å². The molecule has 0 atom stereocenters. The van der Waals surface area contributed by atoms with Gasteiger partial charge in [-0.25, -0.2) is 4.79 Å². The van der Waals surface area contributed by atoms with Crippen LogP contribution >= 0.6 is 0 Å². The van der Waals surface area contributed by atoms with Crippen LogP contribution in [0.1, 0.15) is 34.1 Å². The molecule has 58 heavy (non-hydrogen) atoms. The van der Waals surface area contributed by atoms with Crippen molar-refractivity contribution in [1.82, 2.24) is 15.3 Å². The molecule has 0 aromatic carbocycles. The van der Waals surface area contributed by atoms with Crippen molar-refractivity contribution in [3.8, 4) is 0 Å². The summed E-state index contributed by atoms with van der Waals surface area (Å²) in [5, 5.41) is 3.81. The molecule has 0 unspecified atom stereocenters. The minimum Gasteiger partial charge on any atom is -0.442 e. The first-order valence-electron chi connectivity index (χ1n) is 19.9. The van der Waals surface area contributed by atoms with E-state index >= 15 is 0 Å². The number of hydrogen-bond donors (Lipinski definition) is 1. The summed E-state index contributed by atoms with van der Waals surface area (Å²) in [6.07, 6.45) is 2.51.